The summed E-state index contributed by atoms with van der Waals surface area (Å²) >= 11 is 0. The molecular weight excluding hydrogens is 170 g/mol. The number of aryl methyl sites for hydroxylation is 1. The first kappa shape index (κ1) is 9.72. The summed E-state index contributed by atoms with van der Waals surface area (Å²) in [6, 6.07) is 9.80. The maximum Gasteiger partial charge on any atom is 0.00452 e. The molecular formula is C13H19N. The van der Waals surface area contributed by atoms with E-state index in [2.05, 4.69) is 43.4 Å². The summed E-state index contributed by atoms with van der Waals surface area (Å²) in [5.74, 6) is 0.732. The summed E-state index contributed by atoms with van der Waals surface area (Å²) in [6.45, 7) is 5.61. The molecule has 0 saturated carbocycles. The van der Waals surface area contributed by atoms with Crippen LogP contribution in [0.4, 0.5) is 0 Å². The normalized spacial score (nSPS) is 26.7. The van der Waals surface area contributed by atoms with E-state index in [1.165, 1.54) is 17.5 Å². The molecule has 2 unspecified atom stereocenters. The van der Waals surface area contributed by atoms with Gasteiger partial charge in [-0.25, -0.2) is 0 Å². The minimum atomic E-state index is 0.686. The van der Waals surface area contributed by atoms with Crippen molar-refractivity contribution in [1.82, 2.24) is 5.32 Å². The van der Waals surface area contributed by atoms with E-state index >= 15 is 0 Å². The Morgan fingerprint density at radius 1 is 1.29 bits per heavy atom. The minimum Gasteiger partial charge on any atom is -0.314 e. The van der Waals surface area contributed by atoms with Gasteiger partial charge in [0.25, 0.3) is 0 Å². The van der Waals surface area contributed by atoms with Crippen LogP contribution in [0.5, 0.6) is 0 Å². The van der Waals surface area contributed by atoms with Gasteiger partial charge in [-0.05, 0) is 36.8 Å². The van der Waals surface area contributed by atoms with Gasteiger partial charge in [0.1, 0.15) is 0 Å². The number of hydrogen-bond acceptors (Lipinski definition) is 1. The van der Waals surface area contributed by atoms with E-state index in [1.54, 1.807) is 0 Å². The molecule has 1 N–H and O–H groups in total. The summed E-state index contributed by atoms with van der Waals surface area (Å²) in [5.41, 5.74) is 2.94. The van der Waals surface area contributed by atoms with Crippen molar-refractivity contribution in [3.05, 3.63) is 35.4 Å². The minimum absolute atomic E-state index is 0.686. The molecule has 0 aromatic heterocycles. The fourth-order valence-electron chi connectivity index (χ4n) is 2.22. The second-order valence-electron chi connectivity index (χ2n) is 4.34. The van der Waals surface area contributed by atoms with E-state index in [-0.39, 0.29) is 0 Å². The van der Waals surface area contributed by atoms with Crippen molar-refractivity contribution in [3.63, 3.8) is 0 Å². The smallest absolute Gasteiger partial charge is 0.00452 e. The van der Waals surface area contributed by atoms with Crippen LogP contribution in [0.3, 0.4) is 0 Å². The fraction of sp³-hybridized carbons (Fsp3) is 0.538. The molecule has 1 heteroatoms. The van der Waals surface area contributed by atoms with Crippen LogP contribution in [0.2, 0.25) is 0 Å². The van der Waals surface area contributed by atoms with E-state index in [9.17, 15) is 0 Å². The molecule has 2 rings (SSSR count). The van der Waals surface area contributed by atoms with Crippen LogP contribution in [0.15, 0.2) is 24.3 Å². The van der Waals surface area contributed by atoms with Crippen LogP contribution in [-0.2, 0) is 6.42 Å². The largest absolute Gasteiger partial charge is 0.314 e. The first-order valence-corrected chi connectivity index (χ1v) is 5.62. The Balaban J connectivity index is 2.09. The van der Waals surface area contributed by atoms with Gasteiger partial charge in [-0.3, -0.25) is 0 Å². The summed E-state index contributed by atoms with van der Waals surface area (Å²) in [5, 5.41) is 3.50. The zero-order chi connectivity index (χ0) is 9.97. The highest BCUT2D eigenvalue weighted by Crippen LogP contribution is 2.25. The highest BCUT2D eigenvalue weighted by Gasteiger charge is 2.21. The zero-order valence-electron chi connectivity index (χ0n) is 9.09. The Kier molecular flexibility index (Phi) is 2.87. The molecule has 1 nitrogen and oxygen atoms in total. The van der Waals surface area contributed by atoms with Crippen LogP contribution in [0, 0.1) is 0 Å². The van der Waals surface area contributed by atoms with Crippen LogP contribution < -0.4 is 5.32 Å². The summed E-state index contributed by atoms with van der Waals surface area (Å²) in [7, 11) is 0. The average molecular weight is 189 g/mol. The molecule has 14 heavy (non-hydrogen) atoms. The number of hydrogen-bond donors (Lipinski definition) is 1. The predicted octanol–water partition coefficient (Wildman–Crippen LogP) is 2.71. The monoisotopic (exact) mass is 189 g/mol. The third-order valence-corrected chi connectivity index (χ3v) is 3.21. The molecule has 0 aliphatic carbocycles. The van der Waals surface area contributed by atoms with Crippen molar-refractivity contribution >= 4 is 0 Å². The lowest BCUT2D eigenvalue weighted by atomic mass is 9.95. The predicted molar refractivity (Wildman–Crippen MR) is 60.6 cm³/mol. The molecule has 1 aromatic rings. The Labute approximate surface area is 86.5 Å². The number of rotatable bonds is 2. The summed E-state index contributed by atoms with van der Waals surface area (Å²) in [4.78, 5) is 0. The first-order chi connectivity index (χ1) is 6.79. The summed E-state index contributed by atoms with van der Waals surface area (Å²) < 4.78 is 0. The highest BCUT2D eigenvalue weighted by atomic mass is 14.9. The van der Waals surface area contributed by atoms with Crippen molar-refractivity contribution in [2.75, 3.05) is 6.54 Å². The third-order valence-electron chi connectivity index (χ3n) is 3.21. The van der Waals surface area contributed by atoms with Gasteiger partial charge in [-0.15, -0.1) is 0 Å². The lowest BCUT2D eigenvalue weighted by Gasteiger charge is -2.09. The average Bonchev–Trinajstić information content (AvgIpc) is 2.65. The molecule has 76 valence electrons. The molecule has 1 aliphatic heterocycles. The van der Waals surface area contributed by atoms with E-state index in [4.69, 9.17) is 0 Å². The van der Waals surface area contributed by atoms with Gasteiger partial charge >= 0.3 is 0 Å². The Morgan fingerprint density at radius 2 is 2.00 bits per heavy atom. The number of benzene rings is 1. The van der Waals surface area contributed by atoms with Gasteiger partial charge in [0, 0.05) is 12.6 Å². The Bertz CT molecular complexity index is 289. The van der Waals surface area contributed by atoms with Gasteiger partial charge in [0.2, 0.25) is 0 Å². The van der Waals surface area contributed by atoms with Crippen LogP contribution in [-0.4, -0.2) is 12.6 Å². The van der Waals surface area contributed by atoms with Crippen molar-refractivity contribution in [3.8, 4) is 0 Å². The fourth-order valence-corrected chi connectivity index (χ4v) is 2.22. The molecule has 2 atom stereocenters. The van der Waals surface area contributed by atoms with Gasteiger partial charge in [0.15, 0.2) is 0 Å². The first-order valence-electron chi connectivity index (χ1n) is 5.62. The van der Waals surface area contributed by atoms with Crippen molar-refractivity contribution in [2.45, 2.75) is 38.6 Å². The molecule has 0 spiro atoms. The molecule has 1 aromatic carbocycles. The molecule has 0 bridgehead atoms. The second-order valence-corrected chi connectivity index (χ2v) is 4.34. The molecule has 1 saturated heterocycles. The van der Waals surface area contributed by atoms with Crippen LogP contribution in [0.25, 0.3) is 0 Å². The standard InChI is InChI=1S/C13H19N/c1-3-11-4-6-12(7-5-11)13-8-10(2)14-9-13/h4-7,10,13-14H,3,8-9H2,1-2H3. The highest BCUT2D eigenvalue weighted by molar-refractivity contribution is 5.26. The quantitative estimate of drug-likeness (QED) is 0.754. The lowest BCUT2D eigenvalue weighted by molar-refractivity contribution is 0.658. The SMILES string of the molecule is CCc1ccc(C2CNC(C)C2)cc1. The van der Waals surface area contributed by atoms with E-state index in [0.29, 0.717) is 6.04 Å². The topological polar surface area (TPSA) is 12.0 Å². The van der Waals surface area contributed by atoms with Crippen LogP contribution in [0.1, 0.15) is 37.3 Å². The number of nitrogens with one attached hydrogen (secondary N) is 1. The molecule has 0 amide bonds. The molecule has 1 heterocycles. The van der Waals surface area contributed by atoms with Gasteiger partial charge in [-0.2, -0.15) is 0 Å². The molecule has 0 radical (unpaired) electrons. The second kappa shape index (κ2) is 4.14. The summed E-state index contributed by atoms with van der Waals surface area (Å²) in [6.07, 6.45) is 2.42. The maximum absolute atomic E-state index is 3.50. The van der Waals surface area contributed by atoms with Gasteiger partial charge in [0.05, 0.1) is 0 Å². The van der Waals surface area contributed by atoms with Crippen LogP contribution >= 0.6 is 0 Å². The van der Waals surface area contributed by atoms with E-state index in [0.717, 1.165) is 18.9 Å². The van der Waals surface area contributed by atoms with Crippen molar-refractivity contribution in [1.29, 1.82) is 0 Å². The molecule has 1 fully saturated rings. The van der Waals surface area contributed by atoms with Gasteiger partial charge in [-0.1, -0.05) is 31.2 Å². The Hall–Kier alpha value is -0.820. The van der Waals surface area contributed by atoms with Gasteiger partial charge < -0.3 is 5.32 Å². The van der Waals surface area contributed by atoms with E-state index < -0.39 is 0 Å². The van der Waals surface area contributed by atoms with Crippen molar-refractivity contribution < 1.29 is 0 Å². The zero-order valence-corrected chi connectivity index (χ0v) is 9.09. The van der Waals surface area contributed by atoms with E-state index in [1.807, 2.05) is 0 Å². The molecule has 1 aliphatic rings. The maximum atomic E-state index is 3.50. The lowest BCUT2D eigenvalue weighted by Crippen LogP contribution is -2.16. The Morgan fingerprint density at radius 3 is 2.50 bits per heavy atom. The third kappa shape index (κ3) is 1.98. The van der Waals surface area contributed by atoms with Crippen molar-refractivity contribution in [2.24, 2.45) is 0 Å².